The second-order valence-corrected chi connectivity index (χ2v) is 7.97. The van der Waals surface area contributed by atoms with E-state index in [1.807, 2.05) is 6.92 Å². The van der Waals surface area contributed by atoms with Crippen LogP contribution in [0, 0.1) is 18.2 Å². The zero-order valence-corrected chi connectivity index (χ0v) is 15.2. The van der Waals surface area contributed by atoms with Crippen LogP contribution in [0.5, 0.6) is 0 Å². The van der Waals surface area contributed by atoms with Gasteiger partial charge >= 0.3 is 0 Å². The van der Waals surface area contributed by atoms with Crippen molar-refractivity contribution in [3.05, 3.63) is 41.3 Å². The fourth-order valence-corrected chi connectivity index (χ4v) is 2.96. The first-order chi connectivity index (χ1) is 11.7. The largest absolute Gasteiger partial charge is 0.339 e. The summed E-state index contributed by atoms with van der Waals surface area (Å²) < 4.78 is 19.5. The molecule has 25 heavy (non-hydrogen) atoms. The molecule has 0 spiro atoms. The molecule has 134 valence electrons. The third-order valence-corrected chi connectivity index (χ3v) is 4.45. The van der Waals surface area contributed by atoms with E-state index in [0.29, 0.717) is 23.9 Å². The molecule has 1 aliphatic rings. The molecule has 2 heterocycles. The van der Waals surface area contributed by atoms with Crippen molar-refractivity contribution < 1.29 is 13.7 Å². The monoisotopic (exact) mass is 345 g/mol. The van der Waals surface area contributed by atoms with Crippen LogP contribution in [0.15, 0.2) is 22.7 Å². The molecule has 0 aliphatic carbocycles. The van der Waals surface area contributed by atoms with Crippen LogP contribution in [-0.2, 0) is 11.2 Å². The van der Waals surface area contributed by atoms with Crippen LogP contribution in [0.3, 0.4) is 0 Å². The van der Waals surface area contributed by atoms with E-state index in [0.717, 1.165) is 18.4 Å². The molecular formula is C19H24FN3O2. The van der Waals surface area contributed by atoms with E-state index >= 15 is 0 Å². The van der Waals surface area contributed by atoms with Crippen molar-refractivity contribution in [3.8, 4) is 0 Å². The van der Waals surface area contributed by atoms with Crippen LogP contribution < -0.4 is 4.90 Å². The SMILES string of the molecule is Cc1ccc(N2CC(c3nc(CCC(C)(C)C)no3)CC2=O)c(F)c1. The van der Waals surface area contributed by atoms with Crippen LogP contribution in [0.2, 0.25) is 0 Å². The van der Waals surface area contributed by atoms with Gasteiger partial charge in [0.15, 0.2) is 5.82 Å². The second-order valence-electron chi connectivity index (χ2n) is 7.97. The number of anilines is 1. The Labute approximate surface area is 147 Å². The standard InChI is InChI=1S/C19H24FN3O2/c1-12-5-6-15(14(20)9-12)23-11-13(10-17(23)24)18-21-16(22-25-18)7-8-19(2,3)4/h5-6,9,13H,7-8,10-11H2,1-4H3. The van der Waals surface area contributed by atoms with Gasteiger partial charge in [0.2, 0.25) is 11.8 Å². The predicted molar refractivity (Wildman–Crippen MR) is 92.9 cm³/mol. The van der Waals surface area contributed by atoms with Crippen molar-refractivity contribution in [2.24, 2.45) is 5.41 Å². The van der Waals surface area contributed by atoms with Gasteiger partial charge in [-0.05, 0) is 36.5 Å². The van der Waals surface area contributed by atoms with Crippen molar-refractivity contribution in [2.45, 2.75) is 52.9 Å². The lowest BCUT2D eigenvalue weighted by atomic mass is 9.90. The van der Waals surface area contributed by atoms with Crippen LogP contribution in [0.1, 0.15) is 56.8 Å². The summed E-state index contributed by atoms with van der Waals surface area (Å²) in [5, 5.41) is 4.03. The van der Waals surface area contributed by atoms with Crippen molar-refractivity contribution in [1.29, 1.82) is 0 Å². The average molecular weight is 345 g/mol. The molecule has 0 bridgehead atoms. The zero-order valence-electron chi connectivity index (χ0n) is 15.2. The maximum Gasteiger partial charge on any atom is 0.232 e. The number of rotatable bonds is 4. The number of halogens is 1. The van der Waals surface area contributed by atoms with Gasteiger partial charge in [-0.1, -0.05) is 32.0 Å². The molecule has 1 atom stereocenters. The highest BCUT2D eigenvalue weighted by Crippen LogP contribution is 2.33. The summed E-state index contributed by atoms with van der Waals surface area (Å²) in [4.78, 5) is 18.2. The molecule has 1 fully saturated rings. The van der Waals surface area contributed by atoms with Crippen LogP contribution in [0.4, 0.5) is 10.1 Å². The third kappa shape index (κ3) is 4.06. The average Bonchev–Trinajstić information content (AvgIpc) is 3.11. The van der Waals surface area contributed by atoms with Gasteiger partial charge in [0.05, 0.1) is 11.6 Å². The highest BCUT2D eigenvalue weighted by molar-refractivity contribution is 5.96. The van der Waals surface area contributed by atoms with Gasteiger partial charge in [0.25, 0.3) is 0 Å². The third-order valence-electron chi connectivity index (χ3n) is 4.45. The maximum atomic E-state index is 14.2. The summed E-state index contributed by atoms with van der Waals surface area (Å²) in [6.07, 6.45) is 1.95. The number of hydrogen-bond donors (Lipinski definition) is 0. The van der Waals surface area contributed by atoms with Crippen molar-refractivity contribution in [1.82, 2.24) is 10.1 Å². The summed E-state index contributed by atoms with van der Waals surface area (Å²) >= 11 is 0. The van der Waals surface area contributed by atoms with Gasteiger partial charge in [-0.2, -0.15) is 4.98 Å². The molecule has 5 nitrogen and oxygen atoms in total. The number of aromatic nitrogens is 2. The molecule has 1 amide bonds. The van der Waals surface area contributed by atoms with E-state index in [2.05, 4.69) is 30.9 Å². The molecule has 0 saturated carbocycles. The summed E-state index contributed by atoms with van der Waals surface area (Å²) in [7, 11) is 0. The first-order valence-electron chi connectivity index (χ1n) is 8.62. The van der Waals surface area contributed by atoms with Gasteiger partial charge in [0.1, 0.15) is 5.82 Å². The predicted octanol–water partition coefficient (Wildman–Crippen LogP) is 4.02. The number of hydrogen-bond acceptors (Lipinski definition) is 4. The van der Waals surface area contributed by atoms with Crippen molar-refractivity contribution in [3.63, 3.8) is 0 Å². The summed E-state index contributed by atoms with van der Waals surface area (Å²) in [6.45, 7) is 8.67. The lowest BCUT2D eigenvalue weighted by Gasteiger charge is -2.17. The van der Waals surface area contributed by atoms with E-state index in [1.54, 1.807) is 12.1 Å². The van der Waals surface area contributed by atoms with Crippen LogP contribution in [-0.4, -0.2) is 22.6 Å². The van der Waals surface area contributed by atoms with Crippen molar-refractivity contribution in [2.75, 3.05) is 11.4 Å². The van der Waals surface area contributed by atoms with E-state index in [4.69, 9.17) is 4.52 Å². The van der Waals surface area contributed by atoms with E-state index in [1.165, 1.54) is 11.0 Å². The fraction of sp³-hybridized carbons (Fsp3) is 0.526. The first-order valence-corrected chi connectivity index (χ1v) is 8.62. The maximum absolute atomic E-state index is 14.2. The molecule has 6 heteroatoms. The molecule has 1 aliphatic heterocycles. The number of nitrogens with zero attached hydrogens (tertiary/aromatic N) is 3. The molecule has 1 aromatic heterocycles. The molecular weight excluding hydrogens is 321 g/mol. The topological polar surface area (TPSA) is 59.2 Å². The number of amides is 1. The molecule has 1 unspecified atom stereocenters. The van der Waals surface area contributed by atoms with Crippen molar-refractivity contribution >= 4 is 11.6 Å². The second kappa shape index (κ2) is 6.58. The Morgan fingerprint density at radius 2 is 2.12 bits per heavy atom. The Hall–Kier alpha value is -2.24. The lowest BCUT2D eigenvalue weighted by molar-refractivity contribution is -0.117. The normalized spacial score (nSPS) is 18.2. The Bertz CT molecular complexity index is 779. The minimum Gasteiger partial charge on any atom is -0.339 e. The van der Waals surface area contributed by atoms with Gasteiger partial charge < -0.3 is 9.42 Å². The quantitative estimate of drug-likeness (QED) is 0.840. The molecule has 2 aromatic rings. The number of aryl methyl sites for hydroxylation is 2. The number of carbonyl (C=O) groups excluding carboxylic acids is 1. The Morgan fingerprint density at radius 1 is 1.36 bits per heavy atom. The van der Waals surface area contributed by atoms with E-state index < -0.39 is 0 Å². The Balaban J connectivity index is 1.71. The molecule has 3 rings (SSSR count). The molecule has 0 radical (unpaired) electrons. The van der Waals surface area contributed by atoms with Gasteiger partial charge in [0, 0.05) is 19.4 Å². The highest BCUT2D eigenvalue weighted by atomic mass is 19.1. The smallest absolute Gasteiger partial charge is 0.232 e. The van der Waals surface area contributed by atoms with E-state index in [-0.39, 0.29) is 29.5 Å². The minimum atomic E-state index is -0.384. The molecule has 1 saturated heterocycles. The van der Waals surface area contributed by atoms with Gasteiger partial charge in [-0.3, -0.25) is 4.79 Å². The number of benzene rings is 1. The summed E-state index contributed by atoms with van der Waals surface area (Å²) in [6, 6.07) is 4.89. The Kier molecular flexibility index (Phi) is 4.62. The minimum absolute atomic E-state index is 0.123. The number of carbonyl (C=O) groups is 1. The van der Waals surface area contributed by atoms with Crippen LogP contribution >= 0.6 is 0 Å². The van der Waals surface area contributed by atoms with Crippen LogP contribution in [0.25, 0.3) is 0 Å². The highest BCUT2D eigenvalue weighted by Gasteiger charge is 2.36. The van der Waals surface area contributed by atoms with E-state index in [9.17, 15) is 9.18 Å². The van der Waals surface area contributed by atoms with Gasteiger partial charge in [-0.15, -0.1) is 0 Å². The summed E-state index contributed by atoms with van der Waals surface area (Å²) in [5.41, 5.74) is 1.33. The summed E-state index contributed by atoms with van der Waals surface area (Å²) in [5.74, 6) is 0.432. The molecule has 0 N–H and O–H groups in total. The fourth-order valence-electron chi connectivity index (χ4n) is 2.96. The lowest BCUT2D eigenvalue weighted by Crippen LogP contribution is -2.25. The molecule has 1 aromatic carbocycles. The zero-order chi connectivity index (χ0) is 18.2. The first kappa shape index (κ1) is 17.6. The Morgan fingerprint density at radius 3 is 2.80 bits per heavy atom. The van der Waals surface area contributed by atoms with Gasteiger partial charge in [-0.25, -0.2) is 4.39 Å².